The molecule has 3 N–H and O–H groups in total. The van der Waals surface area contributed by atoms with E-state index in [4.69, 9.17) is 10.5 Å². The van der Waals surface area contributed by atoms with Crippen molar-refractivity contribution in [2.45, 2.75) is 13.8 Å². The molecule has 0 aliphatic rings. The van der Waals surface area contributed by atoms with E-state index in [1.165, 1.54) is 18.2 Å². The van der Waals surface area contributed by atoms with Gasteiger partial charge >= 0.3 is 5.97 Å². The molecule has 0 bridgehead atoms. The van der Waals surface area contributed by atoms with E-state index in [0.717, 1.165) is 5.69 Å². The maximum absolute atomic E-state index is 11.5. The Bertz CT molecular complexity index is 971. The number of nitrogens with two attached hydrogens (primary N) is 1. The number of aromatic nitrogens is 2. The van der Waals surface area contributed by atoms with Crippen molar-refractivity contribution in [1.82, 2.24) is 9.97 Å². The Morgan fingerprint density at radius 2 is 1.74 bits per heavy atom. The topological polar surface area (TPSA) is 99.4 Å². The van der Waals surface area contributed by atoms with Crippen LogP contribution in [0.15, 0.2) is 48.5 Å². The number of hydrogen-bond acceptors (Lipinski definition) is 7. The second kappa shape index (κ2) is 7.74. The molecule has 0 spiro atoms. The van der Waals surface area contributed by atoms with Crippen LogP contribution in [0.4, 0.5) is 17.5 Å². The third-order valence-electron chi connectivity index (χ3n) is 4.00. The maximum Gasteiger partial charge on any atom is 0.337 e. The Labute approximate surface area is 157 Å². The molecule has 0 aliphatic heterocycles. The number of aryl methyl sites for hydroxylation is 2. The lowest BCUT2D eigenvalue weighted by Crippen LogP contribution is -2.02. The summed E-state index contributed by atoms with van der Waals surface area (Å²) in [5.41, 5.74) is 9.51. The highest BCUT2D eigenvalue weighted by molar-refractivity contribution is 5.89. The number of carbonyl (C=O) groups is 1. The average Bonchev–Trinajstić information content (AvgIpc) is 2.64. The normalized spacial score (nSPS) is 10.3. The predicted molar refractivity (Wildman–Crippen MR) is 103 cm³/mol. The first-order valence-corrected chi connectivity index (χ1v) is 8.29. The van der Waals surface area contributed by atoms with Crippen LogP contribution in [-0.2, 0) is 4.74 Å². The number of hydrogen-bond donors (Lipinski definition) is 2. The van der Waals surface area contributed by atoms with Gasteiger partial charge in [-0.2, -0.15) is 9.97 Å². The third-order valence-corrected chi connectivity index (χ3v) is 4.00. The predicted octanol–water partition coefficient (Wildman–Crippen LogP) is 4.00. The minimum Gasteiger partial charge on any atom is -0.465 e. The fourth-order valence-corrected chi connectivity index (χ4v) is 2.42. The zero-order valence-corrected chi connectivity index (χ0v) is 15.3. The summed E-state index contributed by atoms with van der Waals surface area (Å²) in [5, 5.41) is 3.20. The van der Waals surface area contributed by atoms with Gasteiger partial charge in [-0.1, -0.05) is 6.07 Å². The van der Waals surface area contributed by atoms with Crippen molar-refractivity contribution in [3.05, 3.63) is 65.2 Å². The van der Waals surface area contributed by atoms with Crippen molar-refractivity contribution in [2.24, 2.45) is 0 Å². The lowest BCUT2D eigenvalue weighted by atomic mass is 10.1. The van der Waals surface area contributed by atoms with E-state index in [2.05, 4.69) is 26.9 Å². The zero-order chi connectivity index (χ0) is 19.4. The van der Waals surface area contributed by atoms with Gasteiger partial charge in [0.1, 0.15) is 11.6 Å². The molecule has 0 amide bonds. The molecule has 0 unspecified atom stereocenters. The lowest BCUT2D eigenvalue weighted by molar-refractivity contribution is 0.0600. The average molecular weight is 364 g/mol. The summed E-state index contributed by atoms with van der Waals surface area (Å²) in [6, 6.07) is 14.2. The molecule has 0 aliphatic carbocycles. The number of rotatable bonds is 5. The number of esters is 1. The number of nitrogens with one attached hydrogen (secondary N) is 1. The number of methoxy groups -OCH3 is 1. The quantitative estimate of drug-likeness (QED) is 0.660. The Morgan fingerprint density at radius 1 is 1.00 bits per heavy atom. The van der Waals surface area contributed by atoms with Gasteiger partial charge in [0.2, 0.25) is 11.8 Å². The van der Waals surface area contributed by atoms with Crippen LogP contribution in [0.2, 0.25) is 0 Å². The van der Waals surface area contributed by atoms with Crippen LogP contribution >= 0.6 is 0 Å². The smallest absolute Gasteiger partial charge is 0.337 e. The van der Waals surface area contributed by atoms with E-state index < -0.39 is 5.97 Å². The van der Waals surface area contributed by atoms with E-state index in [1.807, 2.05) is 25.1 Å². The molecule has 3 aromatic rings. The third kappa shape index (κ3) is 4.52. The SMILES string of the molecule is COC(=O)c1ccc(Oc2cc(Nc3ccc(C)c(C)c3)nc(N)n2)cc1. The first kappa shape index (κ1) is 18.2. The molecule has 2 aromatic carbocycles. The number of carbonyl (C=O) groups excluding carboxylic acids is 1. The summed E-state index contributed by atoms with van der Waals surface area (Å²) in [5.74, 6) is 1.00. The number of nitrogens with zero attached hydrogens (tertiary/aromatic N) is 2. The molecule has 0 atom stereocenters. The summed E-state index contributed by atoms with van der Waals surface area (Å²) in [4.78, 5) is 19.8. The van der Waals surface area contributed by atoms with Gasteiger partial charge in [0.25, 0.3) is 0 Å². The largest absolute Gasteiger partial charge is 0.465 e. The standard InChI is InChI=1S/C20H20N4O3/c1-12-4-7-15(10-13(12)2)22-17-11-18(24-20(21)23-17)27-16-8-5-14(6-9-16)19(25)26-3/h4-11H,1-3H3,(H3,21,22,23,24). The van der Waals surface area contributed by atoms with Crippen LogP contribution in [-0.4, -0.2) is 23.0 Å². The van der Waals surface area contributed by atoms with Gasteiger partial charge in [-0.25, -0.2) is 4.79 Å². The van der Waals surface area contributed by atoms with Gasteiger partial charge in [-0.05, 0) is 61.4 Å². The van der Waals surface area contributed by atoms with Gasteiger partial charge in [0, 0.05) is 11.8 Å². The molecule has 138 valence electrons. The Balaban J connectivity index is 1.78. The molecular weight excluding hydrogens is 344 g/mol. The summed E-state index contributed by atoms with van der Waals surface area (Å²) in [6.07, 6.45) is 0. The second-order valence-electron chi connectivity index (χ2n) is 5.99. The van der Waals surface area contributed by atoms with Crippen LogP contribution < -0.4 is 15.8 Å². The van der Waals surface area contributed by atoms with Crippen molar-refractivity contribution >= 4 is 23.4 Å². The van der Waals surface area contributed by atoms with Crippen molar-refractivity contribution < 1.29 is 14.3 Å². The van der Waals surface area contributed by atoms with Crippen LogP contribution in [0.5, 0.6) is 11.6 Å². The molecule has 0 radical (unpaired) electrons. The van der Waals surface area contributed by atoms with Gasteiger partial charge < -0.3 is 20.5 Å². The number of nitrogen functional groups attached to an aromatic ring is 1. The molecule has 0 saturated carbocycles. The molecule has 1 aromatic heterocycles. The maximum atomic E-state index is 11.5. The fraction of sp³-hybridized carbons (Fsp3) is 0.150. The molecule has 0 fully saturated rings. The molecular formula is C20H20N4O3. The highest BCUT2D eigenvalue weighted by atomic mass is 16.5. The summed E-state index contributed by atoms with van der Waals surface area (Å²) < 4.78 is 10.4. The highest BCUT2D eigenvalue weighted by Gasteiger charge is 2.08. The van der Waals surface area contributed by atoms with Crippen LogP contribution in [0.1, 0.15) is 21.5 Å². The van der Waals surface area contributed by atoms with Gasteiger partial charge in [0.05, 0.1) is 12.7 Å². The lowest BCUT2D eigenvalue weighted by Gasteiger charge is -2.11. The second-order valence-corrected chi connectivity index (χ2v) is 5.99. The molecule has 0 saturated heterocycles. The Kier molecular flexibility index (Phi) is 5.21. The van der Waals surface area contributed by atoms with Gasteiger partial charge in [-0.15, -0.1) is 0 Å². The van der Waals surface area contributed by atoms with Gasteiger partial charge in [-0.3, -0.25) is 0 Å². The number of anilines is 3. The Morgan fingerprint density at radius 3 is 2.41 bits per heavy atom. The summed E-state index contributed by atoms with van der Waals surface area (Å²) >= 11 is 0. The molecule has 7 nitrogen and oxygen atoms in total. The molecule has 3 rings (SSSR count). The first-order valence-electron chi connectivity index (χ1n) is 8.29. The van der Waals surface area contributed by atoms with Crippen molar-refractivity contribution in [3.63, 3.8) is 0 Å². The van der Waals surface area contributed by atoms with E-state index >= 15 is 0 Å². The minimum absolute atomic E-state index is 0.0880. The van der Waals surface area contributed by atoms with Crippen LogP contribution in [0.25, 0.3) is 0 Å². The monoisotopic (exact) mass is 364 g/mol. The molecule has 27 heavy (non-hydrogen) atoms. The molecule has 1 heterocycles. The van der Waals surface area contributed by atoms with E-state index in [0.29, 0.717) is 23.0 Å². The van der Waals surface area contributed by atoms with Crippen molar-refractivity contribution in [1.29, 1.82) is 0 Å². The number of benzene rings is 2. The van der Waals surface area contributed by atoms with E-state index in [1.54, 1.807) is 30.3 Å². The van der Waals surface area contributed by atoms with Gasteiger partial charge in [0.15, 0.2) is 0 Å². The minimum atomic E-state index is -0.410. The number of ether oxygens (including phenoxy) is 2. The van der Waals surface area contributed by atoms with E-state index in [-0.39, 0.29) is 5.95 Å². The van der Waals surface area contributed by atoms with Crippen LogP contribution in [0.3, 0.4) is 0 Å². The zero-order valence-electron chi connectivity index (χ0n) is 15.3. The van der Waals surface area contributed by atoms with Crippen molar-refractivity contribution in [2.75, 3.05) is 18.2 Å². The highest BCUT2D eigenvalue weighted by Crippen LogP contribution is 2.25. The van der Waals surface area contributed by atoms with E-state index in [9.17, 15) is 4.79 Å². The first-order chi connectivity index (χ1) is 12.9. The summed E-state index contributed by atoms with van der Waals surface area (Å²) in [6.45, 7) is 4.10. The summed E-state index contributed by atoms with van der Waals surface area (Å²) in [7, 11) is 1.33. The molecule has 7 heteroatoms. The van der Waals surface area contributed by atoms with Crippen LogP contribution in [0, 0.1) is 13.8 Å². The van der Waals surface area contributed by atoms with Crippen molar-refractivity contribution in [3.8, 4) is 11.6 Å². The fourth-order valence-electron chi connectivity index (χ4n) is 2.42. The Hall–Kier alpha value is -3.61.